The average Bonchev–Trinajstić information content (AvgIpc) is 2.15. The Morgan fingerprint density at radius 3 is 3.07 bits per heavy atom. The summed E-state index contributed by atoms with van der Waals surface area (Å²) in [7, 11) is 0. The van der Waals surface area contributed by atoms with Crippen LogP contribution in [-0.2, 0) is 14.3 Å². The van der Waals surface area contributed by atoms with E-state index in [4.69, 9.17) is 15.2 Å². The lowest BCUT2D eigenvalue weighted by Gasteiger charge is -2.24. The Balaban J connectivity index is 2.09. The highest BCUT2D eigenvalue weighted by atomic mass is 16.7. The molecule has 2 atom stereocenters. The number of hydrogen-bond donors (Lipinski definition) is 2. The zero-order valence-corrected chi connectivity index (χ0v) is 8.49. The van der Waals surface area contributed by atoms with Crippen LogP contribution in [0.1, 0.15) is 19.8 Å². The van der Waals surface area contributed by atoms with Crippen molar-refractivity contribution in [3.05, 3.63) is 0 Å². The van der Waals surface area contributed by atoms with Crippen molar-refractivity contribution in [2.75, 3.05) is 19.9 Å². The number of amides is 1. The Labute approximate surface area is 83.9 Å². The standard InChI is InChI=1S/C9H18N2O3/c1-7(4-9(10)12)11-5-8-2-3-13-6-14-8/h7-8,11H,2-6H2,1H3,(H2,10,12). The molecule has 0 spiro atoms. The molecular formula is C9H18N2O3. The number of ether oxygens (including phenoxy) is 2. The summed E-state index contributed by atoms with van der Waals surface area (Å²) in [6.45, 7) is 3.80. The van der Waals surface area contributed by atoms with E-state index >= 15 is 0 Å². The summed E-state index contributed by atoms with van der Waals surface area (Å²) in [6.07, 6.45) is 1.46. The number of rotatable bonds is 5. The van der Waals surface area contributed by atoms with Crippen molar-refractivity contribution in [2.24, 2.45) is 5.73 Å². The van der Waals surface area contributed by atoms with Crippen LogP contribution in [0.3, 0.4) is 0 Å². The molecule has 5 heteroatoms. The number of nitrogens with one attached hydrogen (secondary N) is 1. The summed E-state index contributed by atoms with van der Waals surface area (Å²) in [5, 5.41) is 3.20. The minimum Gasteiger partial charge on any atom is -0.370 e. The first-order chi connectivity index (χ1) is 6.68. The Bertz CT molecular complexity index is 181. The molecule has 0 saturated carbocycles. The first-order valence-corrected chi connectivity index (χ1v) is 4.89. The first kappa shape index (κ1) is 11.4. The molecule has 1 amide bonds. The van der Waals surface area contributed by atoms with Gasteiger partial charge in [-0.25, -0.2) is 0 Å². The maximum Gasteiger partial charge on any atom is 0.218 e. The molecule has 0 aromatic rings. The molecule has 1 fully saturated rings. The number of nitrogens with two attached hydrogens (primary N) is 1. The quantitative estimate of drug-likeness (QED) is 0.636. The van der Waals surface area contributed by atoms with E-state index in [1.807, 2.05) is 6.92 Å². The monoisotopic (exact) mass is 202 g/mol. The van der Waals surface area contributed by atoms with Gasteiger partial charge in [0.15, 0.2) is 0 Å². The lowest BCUT2D eigenvalue weighted by molar-refractivity contribution is -0.137. The van der Waals surface area contributed by atoms with E-state index in [2.05, 4.69) is 5.32 Å². The van der Waals surface area contributed by atoms with Crippen LogP contribution >= 0.6 is 0 Å². The third kappa shape index (κ3) is 4.55. The minimum atomic E-state index is -0.280. The largest absolute Gasteiger partial charge is 0.370 e. The van der Waals surface area contributed by atoms with Crippen molar-refractivity contribution in [1.82, 2.24) is 5.32 Å². The SMILES string of the molecule is CC(CC(N)=O)NCC1CCOCO1. The van der Waals surface area contributed by atoms with Crippen LogP contribution in [0.25, 0.3) is 0 Å². The van der Waals surface area contributed by atoms with E-state index in [-0.39, 0.29) is 18.1 Å². The van der Waals surface area contributed by atoms with Gasteiger partial charge >= 0.3 is 0 Å². The number of primary amides is 1. The van der Waals surface area contributed by atoms with Crippen molar-refractivity contribution >= 4 is 5.91 Å². The second-order valence-electron chi connectivity index (χ2n) is 3.58. The zero-order valence-electron chi connectivity index (χ0n) is 8.49. The summed E-state index contributed by atoms with van der Waals surface area (Å²) < 4.78 is 10.4. The molecule has 2 unspecified atom stereocenters. The summed E-state index contributed by atoms with van der Waals surface area (Å²) in [4.78, 5) is 10.6. The van der Waals surface area contributed by atoms with Crippen LogP contribution in [0.15, 0.2) is 0 Å². The van der Waals surface area contributed by atoms with Crippen molar-refractivity contribution < 1.29 is 14.3 Å². The molecule has 0 bridgehead atoms. The fraction of sp³-hybridized carbons (Fsp3) is 0.889. The van der Waals surface area contributed by atoms with Crippen LogP contribution in [0.5, 0.6) is 0 Å². The molecule has 1 aliphatic heterocycles. The van der Waals surface area contributed by atoms with Gasteiger partial charge in [-0.3, -0.25) is 4.79 Å². The fourth-order valence-electron chi connectivity index (χ4n) is 1.37. The summed E-state index contributed by atoms with van der Waals surface area (Å²) in [5.41, 5.74) is 5.07. The van der Waals surface area contributed by atoms with Crippen LogP contribution in [0.4, 0.5) is 0 Å². The van der Waals surface area contributed by atoms with Gasteiger partial charge in [0.1, 0.15) is 6.79 Å². The lowest BCUT2D eigenvalue weighted by atomic mass is 10.2. The molecule has 0 radical (unpaired) electrons. The molecule has 0 aliphatic carbocycles. The van der Waals surface area contributed by atoms with Crippen molar-refractivity contribution in [3.63, 3.8) is 0 Å². The van der Waals surface area contributed by atoms with E-state index in [0.29, 0.717) is 13.2 Å². The smallest absolute Gasteiger partial charge is 0.218 e. The van der Waals surface area contributed by atoms with Crippen molar-refractivity contribution in [2.45, 2.75) is 31.9 Å². The maximum absolute atomic E-state index is 10.6. The maximum atomic E-state index is 10.6. The van der Waals surface area contributed by atoms with E-state index in [9.17, 15) is 4.79 Å². The van der Waals surface area contributed by atoms with Crippen LogP contribution < -0.4 is 11.1 Å². The molecule has 1 heterocycles. The fourth-order valence-corrected chi connectivity index (χ4v) is 1.37. The minimum absolute atomic E-state index is 0.110. The lowest BCUT2D eigenvalue weighted by Crippen LogP contribution is -2.39. The molecule has 0 aromatic heterocycles. The highest BCUT2D eigenvalue weighted by Crippen LogP contribution is 2.05. The van der Waals surface area contributed by atoms with Gasteiger partial charge in [-0.15, -0.1) is 0 Å². The van der Waals surface area contributed by atoms with Gasteiger partial charge in [-0.2, -0.15) is 0 Å². The molecule has 1 rings (SSSR count). The Morgan fingerprint density at radius 2 is 2.50 bits per heavy atom. The van der Waals surface area contributed by atoms with E-state index in [1.54, 1.807) is 0 Å². The van der Waals surface area contributed by atoms with Gasteiger partial charge in [0.05, 0.1) is 12.7 Å². The Morgan fingerprint density at radius 1 is 1.71 bits per heavy atom. The van der Waals surface area contributed by atoms with E-state index in [0.717, 1.165) is 19.6 Å². The van der Waals surface area contributed by atoms with Crippen LogP contribution in [-0.4, -0.2) is 38.0 Å². The zero-order chi connectivity index (χ0) is 10.4. The van der Waals surface area contributed by atoms with Gasteiger partial charge < -0.3 is 20.5 Å². The number of hydrogen-bond acceptors (Lipinski definition) is 4. The third-order valence-electron chi connectivity index (χ3n) is 2.17. The van der Waals surface area contributed by atoms with Crippen molar-refractivity contribution in [3.8, 4) is 0 Å². The predicted molar refractivity (Wildman–Crippen MR) is 51.6 cm³/mol. The summed E-state index contributed by atoms with van der Waals surface area (Å²) in [6, 6.07) is 0.110. The first-order valence-electron chi connectivity index (χ1n) is 4.89. The van der Waals surface area contributed by atoms with Gasteiger partial charge in [-0.1, -0.05) is 0 Å². The van der Waals surface area contributed by atoms with Crippen LogP contribution in [0, 0.1) is 0 Å². The number of carbonyl (C=O) groups excluding carboxylic acids is 1. The predicted octanol–water partition coefficient (Wildman–Crippen LogP) is -0.397. The second kappa shape index (κ2) is 5.95. The van der Waals surface area contributed by atoms with E-state index < -0.39 is 0 Å². The van der Waals surface area contributed by atoms with Gasteiger partial charge in [0.2, 0.25) is 5.91 Å². The molecule has 1 aliphatic rings. The summed E-state index contributed by atoms with van der Waals surface area (Å²) in [5.74, 6) is -0.280. The second-order valence-corrected chi connectivity index (χ2v) is 3.58. The number of carbonyl (C=O) groups is 1. The Kier molecular flexibility index (Phi) is 4.86. The van der Waals surface area contributed by atoms with Crippen molar-refractivity contribution in [1.29, 1.82) is 0 Å². The Hall–Kier alpha value is -0.650. The molecule has 3 N–H and O–H groups in total. The third-order valence-corrected chi connectivity index (χ3v) is 2.17. The molecule has 1 saturated heterocycles. The topological polar surface area (TPSA) is 73.6 Å². The molecule has 0 aromatic carbocycles. The molecule has 5 nitrogen and oxygen atoms in total. The normalized spacial score (nSPS) is 24.5. The molecule has 14 heavy (non-hydrogen) atoms. The summed E-state index contributed by atoms with van der Waals surface area (Å²) >= 11 is 0. The average molecular weight is 202 g/mol. The van der Waals surface area contributed by atoms with Gasteiger partial charge in [0.25, 0.3) is 0 Å². The van der Waals surface area contributed by atoms with Gasteiger partial charge in [-0.05, 0) is 13.3 Å². The molecule has 82 valence electrons. The molecular weight excluding hydrogens is 184 g/mol. The highest BCUT2D eigenvalue weighted by molar-refractivity contribution is 5.74. The van der Waals surface area contributed by atoms with Gasteiger partial charge in [0, 0.05) is 19.0 Å². The highest BCUT2D eigenvalue weighted by Gasteiger charge is 2.15. The van der Waals surface area contributed by atoms with E-state index in [1.165, 1.54) is 0 Å². The van der Waals surface area contributed by atoms with Crippen LogP contribution in [0.2, 0.25) is 0 Å².